The lowest BCUT2D eigenvalue weighted by molar-refractivity contribution is -0.142. The molecule has 0 saturated carbocycles. The smallest absolute Gasteiger partial charge is 0.251 e. The minimum absolute atomic E-state index is 0. The Morgan fingerprint density at radius 3 is 2.16 bits per heavy atom. The van der Waals surface area contributed by atoms with Gasteiger partial charge in [0.2, 0.25) is 0 Å². The van der Waals surface area contributed by atoms with Crippen LogP contribution in [0, 0.1) is 0 Å². The molecule has 2 N–H and O–H groups in total. The minimum Gasteiger partial charge on any atom is -0.493 e. The first-order valence-electron chi connectivity index (χ1n) is 8.54. The lowest BCUT2D eigenvalue weighted by Crippen LogP contribution is -2.41. The van der Waals surface area contributed by atoms with E-state index in [9.17, 15) is 4.79 Å². The highest BCUT2D eigenvalue weighted by Crippen LogP contribution is 2.32. The van der Waals surface area contributed by atoms with Crippen molar-refractivity contribution in [2.24, 2.45) is 5.73 Å². The van der Waals surface area contributed by atoms with Gasteiger partial charge in [-0.2, -0.15) is 0 Å². The van der Waals surface area contributed by atoms with Crippen LogP contribution in [0.5, 0.6) is 11.5 Å². The zero-order valence-corrected chi connectivity index (χ0v) is 15.6. The molecule has 0 bridgehead atoms. The van der Waals surface area contributed by atoms with Crippen LogP contribution < -0.4 is 15.2 Å². The standard InChI is InChI=1S/C18H26N2O4.ClH/c1-22-16-9-12-5-7-20(8-6-13(12)10-17(16)23-2)18(21)15-4-3-14(11-19)24-15;/h9-10,14-15H,3-8,11,19H2,1-2H3;1H/t14-,15+;/m1./s1. The summed E-state index contributed by atoms with van der Waals surface area (Å²) in [4.78, 5) is 14.6. The second-order valence-corrected chi connectivity index (χ2v) is 6.36. The van der Waals surface area contributed by atoms with E-state index in [2.05, 4.69) is 0 Å². The first-order valence-corrected chi connectivity index (χ1v) is 8.54. The molecule has 0 radical (unpaired) electrons. The Morgan fingerprint density at radius 2 is 1.72 bits per heavy atom. The Kier molecular flexibility index (Phi) is 6.93. The highest BCUT2D eigenvalue weighted by molar-refractivity contribution is 5.85. The van der Waals surface area contributed by atoms with E-state index in [1.54, 1.807) is 14.2 Å². The number of nitrogens with zero attached hydrogens (tertiary/aromatic N) is 1. The number of nitrogens with two attached hydrogens (primary N) is 1. The van der Waals surface area contributed by atoms with Crippen LogP contribution in [-0.2, 0) is 22.4 Å². The molecule has 1 aromatic rings. The molecular weight excluding hydrogens is 344 g/mol. The van der Waals surface area contributed by atoms with Crippen LogP contribution in [-0.4, -0.2) is 56.9 Å². The molecule has 2 atom stereocenters. The van der Waals surface area contributed by atoms with E-state index in [1.165, 1.54) is 11.1 Å². The van der Waals surface area contributed by atoms with Crippen molar-refractivity contribution < 1.29 is 19.0 Å². The van der Waals surface area contributed by atoms with Gasteiger partial charge in [0.1, 0.15) is 6.10 Å². The summed E-state index contributed by atoms with van der Waals surface area (Å²) in [6, 6.07) is 4.05. The van der Waals surface area contributed by atoms with E-state index in [-0.39, 0.29) is 30.5 Å². The van der Waals surface area contributed by atoms with Crippen LogP contribution in [0.3, 0.4) is 0 Å². The average Bonchev–Trinajstić information content (AvgIpc) is 3.00. The number of carbonyl (C=O) groups is 1. The summed E-state index contributed by atoms with van der Waals surface area (Å²) in [6.07, 6.45) is 2.96. The SMILES string of the molecule is COc1cc2c(cc1OC)CCN(C(=O)[C@@H]1CC[C@H](CN)O1)CC2.Cl. The predicted octanol–water partition coefficient (Wildman–Crippen LogP) is 1.56. The number of rotatable bonds is 4. The second-order valence-electron chi connectivity index (χ2n) is 6.36. The van der Waals surface area contributed by atoms with Crippen LogP contribution in [0.1, 0.15) is 24.0 Å². The first-order chi connectivity index (χ1) is 11.7. The summed E-state index contributed by atoms with van der Waals surface area (Å²) in [5.74, 6) is 1.57. The lowest BCUT2D eigenvalue weighted by atomic mass is 10.0. The lowest BCUT2D eigenvalue weighted by Gasteiger charge is -2.23. The Bertz CT molecular complexity index is 576. The maximum atomic E-state index is 12.7. The number of halogens is 1. The van der Waals surface area contributed by atoms with Crippen LogP contribution in [0.2, 0.25) is 0 Å². The monoisotopic (exact) mass is 370 g/mol. The molecule has 0 aromatic heterocycles. The van der Waals surface area contributed by atoms with E-state index >= 15 is 0 Å². The number of methoxy groups -OCH3 is 2. The molecule has 2 heterocycles. The molecule has 1 saturated heterocycles. The number of fused-ring (bicyclic) bond motifs is 1. The van der Waals surface area contributed by atoms with Crippen molar-refractivity contribution in [3.63, 3.8) is 0 Å². The summed E-state index contributed by atoms with van der Waals surface area (Å²) >= 11 is 0. The molecule has 7 heteroatoms. The number of carbonyl (C=O) groups excluding carboxylic acids is 1. The summed E-state index contributed by atoms with van der Waals surface area (Å²) in [6.45, 7) is 1.89. The van der Waals surface area contributed by atoms with Crippen LogP contribution in [0.25, 0.3) is 0 Å². The molecule has 1 aromatic carbocycles. The molecule has 140 valence electrons. The minimum atomic E-state index is -0.330. The third-order valence-corrected chi connectivity index (χ3v) is 4.97. The van der Waals surface area contributed by atoms with Crippen LogP contribution in [0.4, 0.5) is 0 Å². The summed E-state index contributed by atoms with van der Waals surface area (Å²) < 4.78 is 16.5. The van der Waals surface area contributed by atoms with Gasteiger partial charge in [0.15, 0.2) is 11.5 Å². The normalized spacial score (nSPS) is 22.6. The van der Waals surface area contributed by atoms with Gasteiger partial charge in [0, 0.05) is 19.6 Å². The topological polar surface area (TPSA) is 74.0 Å². The molecule has 25 heavy (non-hydrogen) atoms. The largest absolute Gasteiger partial charge is 0.493 e. The first kappa shape index (κ1) is 19.8. The third kappa shape index (κ3) is 4.19. The van der Waals surface area contributed by atoms with Gasteiger partial charge in [-0.05, 0) is 48.9 Å². The van der Waals surface area contributed by atoms with Gasteiger partial charge in [-0.15, -0.1) is 12.4 Å². The van der Waals surface area contributed by atoms with E-state index in [0.29, 0.717) is 19.6 Å². The van der Waals surface area contributed by atoms with Gasteiger partial charge in [0.05, 0.1) is 20.3 Å². The van der Waals surface area contributed by atoms with E-state index in [0.717, 1.165) is 37.2 Å². The quantitative estimate of drug-likeness (QED) is 0.870. The van der Waals surface area contributed by atoms with Crippen molar-refractivity contribution in [1.29, 1.82) is 0 Å². The Balaban J connectivity index is 0.00000225. The van der Waals surface area contributed by atoms with Gasteiger partial charge < -0.3 is 24.8 Å². The molecule has 2 aliphatic heterocycles. The predicted molar refractivity (Wildman–Crippen MR) is 97.7 cm³/mol. The van der Waals surface area contributed by atoms with Crippen molar-refractivity contribution in [2.45, 2.75) is 37.9 Å². The summed E-state index contributed by atoms with van der Waals surface area (Å²) in [5.41, 5.74) is 8.07. The summed E-state index contributed by atoms with van der Waals surface area (Å²) in [7, 11) is 3.28. The van der Waals surface area contributed by atoms with E-state index < -0.39 is 0 Å². The van der Waals surface area contributed by atoms with Crippen molar-refractivity contribution in [2.75, 3.05) is 33.9 Å². The van der Waals surface area contributed by atoms with Gasteiger partial charge in [0.25, 0.3) is 5.91 Å². The van der Waals surface area contributed by atoms with Gasteiger partial charge in [-0.1, -0.05) is 0 Å². The fourth-order valence-corrected chi connectivity index (χ4v) is 3.54. The average molecular weight is 371 g/mol. The van der Waals surface area contributed by atoms with Crippen molar-refractivity contribution >= 4 is 18.3 Å². The number of ether oxygens (including phenoxy) is 3. The van der Waals surface area contributed by atoms with Crippen LogP contribution >= 0.6 is 12.4 Å². The molecule has 0 spiro atoms. The maximum Gasteiger partial charge on any atom is 0.251 e. The van der Waals surface area contributed by atoms with Crippen molar-refractivity contribution in [1.82, 2.24) is 4.90 Å². The molecule has 1 fully saturated rings. The molecule has 2 aliphatic rings. The van der Waals surface area contributed by atoms with E-state index in [4.69, 9.17) is 19.9 Å². The fourth-order valence-electron chi connectivity index (χ4n) is 3.54. The van der Waals surface area contributed by atoms with Crippen molar-refractivity contribution in [3.8, 4) is 11.5 Å². The number of benzene rings is 1. The zero-order valence-electron chi connectivity index (χ0n) is 14.8. The van der Waals surface area contributed by atoms with Gasteiger partial charge in [-0.25, -0.2) is 0 Å². The van der Waals surface area contributed by atoms with Gasteiger partial charge in [-0.3, -0.25) is 4.79 Å². The second kappa shape index (κ2) is 8.74. The Labute approximate surface area is 155 Å². The molecule has 3 rings (SSSR count). The summed E-state index contributed by atoms with van der Waals surface area (Å²) in [5, 5.41) is 0. The highest BCUT2D eigenvalue weighted by Gasteiger charge is 2.33. The molecule has 0 aliphatic carbocycles. The van der Waals surface area contributed by atoms with Gasteiger partial charge >= 0.3 is 0 Å². The number of hydrogen-bond donors (Lipinski definition) is 1. The van der Waals surface area contributed by atoms with E-state index in [1.807, 2.05) is 17.0 Å². The highest BCUT2D eigenvalue weighted by atomic mass is 35.5. The molecule has 6 nitrogen and oxygen atoms in total. The number of amides is 1. The Morgan fingerprint density at radius 1 is 1.16 bits per heavy atom. The molecule has 1 amide bonds. The molecule has 0 unspecified atom stereocenters. The third-order valence-electron chi connectivity index (χ3n) is 4.97. The van der Waals surface area contributed by atoms with Crippen molar-refractivity contribution in [3.05, 3.63) is 23.3 Å². The van der Waals surface area contributed by atoms with Crippen LogP contribution in [0.15, 0.2) is 12.1 Å². The zero-order chi connectivity index (χ0) is 17.1. The molecular formula is C18H27ClN2O4. The Hall–Kier alpha value is -1.50. The number of hydrogen-bond acceptors (Lipinski definition) is 5. The maximum absolute atomic E-state index is 12.7. The fraction of sp³-hybridized carbons (Fsp3) is 0.611.